The van der Waals surface area contributed by atoms with Gasteiger partial charge in [0.25, 0.3) is 0 Å². The fourth-order valence-electron chi connectivity index (χ4n) is 5.33. The van der Waals surface area contributed by atoms with Crippen molar-refractivity contribution in [2.75, 3.05) is 14.2 Å². The zero-order valence-electron chi connectivity index (χ0n) is 21.2. The van der Waals surface area contributed by atoms with Crippen molar-refractivity contribution >= 4 is 16.4 Å². The van der Waals surface area contributed by atoms with E-state index in [-0.39, 0.29) is 5.92 Å². The fraction of sp³-hybridized carbons (Fsp3) is 0.129. The van der Waals surface area contributed by atoms with Gasteiger partial charge in [-0.2, -0.15) is 0 Å². The highest BCUT2D eigenvalue weighted by molar-refractivity contribution is 5.91. The van der Waals surface area contributed by atoms with Crippen LogP contribution in [0.25, 0.3) is 27.8 Å². The molecule has 0 N–H and O–H groups in total. The van der Waals surface area contributed by atoms with Crippen molar-refractivity contribution in [3.8, 4) is 34.5 Å². The van der Waals surface area contributed by atoms with E-state index in [1.807, 2.05) is 36.4 Å². The number of ether oxygens (including phenoxy) is 3. The topological polar surface area (TPSA) is 70.8 Å². The Hall–Kier alpha value is -4.91. The first-order chi connectivity index (χ1) is 18.6. The second-order valence-corrected chi connectivity index (χ2v) is 9.39. The van der Waals surface area contributed by atoms with Crippen molar-refractivity contribution < 1.29 is 14.2 Å². The van der Waals surface area contributed by atoms with Crippen molar-refractivity contribution in [1.82, 2.24) is 19.6 Å². The summed E-state index contributed by atoms with van der Waals surface area (Å²) in [7, 11) is 3.28. The number of hydrogen-bond acceptors (Lipinski definition) is 6. The maximum Gasteiger partial charge on any atom is 0.228 e. The van der Waals surface area contributed by atoms with Crippen LogP contribution in [-0.4, -0.2) is 33.8 Å². The van der Waals surface area contributed by atoms with E-state index < -0.39 is 0 Å². The number of hydrogen-bond donors (Lipinski definition) is 0. The van der Waals surface area contributed by atoms with E-state index >= 15 is 0 Å². The van der Waals surface area contributed by atoms with Crippen LogP contribution in [0, 0.1) is 6.92 Å². The highest BCUT2D eigenvalue weighted by Crippen LogP contribution is 2.51. The van der Waals surface area contributed by atoms with Crippen LogP contribution in [0.2, 0.25) is 0 Å². The summed E-state index contributed by atoms with van der Waals surface area (Å²) in [6.45, 7) is 2.06. The average Bonchev–Trinajstić information content (AvgIpc) is 3.40. The van der Waals surface area contributed by atoms with Gasteiger partial charge in [0.2, 0.25) is 5.88 Å². The van der Waals surface area contributed by atoms with Crippen molar-refractivity contribution in [2.24, 2.45) is 0 Å². The van der Waals surface area contributed by atoms with Crippen LogP contribution < -0.4 is 14.2 Å². The lowest BCUT2D eigenvalue weighted by molar-refractivity contribution is 0.354. The molecule has 0 unspecified atom stereocenters. The van der Waals surface area contributed by atoms with Gasteiger partial charge >= 0.3 is 0 Å². The van der Waals surface area contributed by atoms with Crippen molar-refractivity contribution in [3.05, 3.63) is 107 Å². The smallest absolute Gasteiger partial charge is 0.228 e. The molecular weight excluding hydrogens is 476 g/mol. The Morgan fingerprint density at radius 3 is 2.58 bits per heavy atom. The molecular formula is C31H24N4O3. The lowest BCUT2D eigenvalue weighted by Crippen LogP contribution is -2.15. The number of aryl methyl sites for hydroxylation is 1. The third-order valence-corrected chi connectivity index (χ3v) is 7.11. The second kappa shape index (κ2) is 8.59. The van der Waals surface area contributed by atoms with Crippen LogP contribution in [0.15, 0.2) is 85.2 Å². The van der Waals surface area contributed by atoms with Crippen LogP contribution >= 0.6 is 0 Å². The zero-order chi connectivity index (χ0) is 25.8. The third-order valence-electron chi connectivity index (χ3n) is 7.11. The lowest BCUT2D eigenvalue weighted by atomic mass is 9.82. The molecule has 0 amide bonds. The van der Waals surface area contributed by atoms with Crippen LogP contribution in [0.4, 0.5) is 0 Å². The quantitative estimate of drug-likeness (QED) is 0.273. The first-order valence-corrected chi connectivity index (χ1v) is 12.4. The summed E-state index contributed by atoms with van der Waals surface area (Å²) in [4.78, 5) is 9.71. The minimum atomic E-state index is -0.219. The number of aromatic nitrogens is 4. The summed E-state index contributed by atoms with van der Waals surface area (Å²) in [6.07, 6.45) is 1.67. The summed E-state index contributed by atoms with van der Waals surface area (Å²) in [6, 6.07) is 26.7. The van der Waals surface area contributed by atoms with Gasteiger partial charge in [0.15, 0.2) is 23.0 Å². The van der Waals surface area contributed by atoms with Crippen LogP contribution in [0.3, 0.4) is 0 Å². The minimum Gasteiger partial charge on any atom is -0.493 e. The second-order valence-electron chi connectivity index (χ2n) is 9.39. The van der Waals surface area contributed by atoms with Crippen molar-refractivity contribution in [2.45, 2.75) is 12.8 Å². The molecule has 0 saturated heterocycles. The SMILES string of the molecule is COc1ccc([C@@H]2c3ccc4ccccc4c3Oc3ncn4nc(-c5cccc(C)c5)nc4c32)cc1OC. The van der Waals surface area contributed by atoms with E-state index in [9.17, 15) is 0 Å². The Morgan fingerprint density at radius 1 is 0.868 bits per heavy atom. The van der Waals surface area contributed by atoms with Gasteiger partial charge in [0.1, 0.15) is 12.1 Å². The van der Waals surface area contributed by atoms with Crippen molar-refractivity contribution in [1.29, 1.82) is 0 Å². The van der Waals surface area contributed by atoms with E-state index in [1.165, 1.54) is 0 Å². The summed E-state index contributed by atoms with van der Waals surface area (Å²) < 4.78 is 19.5. The number of nitrogens with zero attached hydrogens (tertiary/aromatic N) is 4. The lowest BCUT2D eigenvalue weighted by Gasteiger charge is -2.29. The van der Waals surface area contributed by atoms with E-state index in [4.69, 9.17) is 29.3 Å². The molecule has 0 radical (unpaired) electrons. The maximum atomic E-state index is 6.54. The first kappa shape index (κ1) is 22.3. The van der Waals surface area contributed by atoms with Crippen LogP contribution in [-0.2, 0) is 0 Å². The Morgan fingerprint density at radius 2 is 1.74 bits per heavy atom. The van der Waals surface area contributed by atoms with Gasteiger partial charge in [-0.1, -0.05) is 66.2 Å². The molecule has 7 nitrogen and oxygen atoms in total. The van der Waals surface area contributed by atoms with Gasteiger partial charge in [-0.3, -0.25) is 0 Å². The molecule has 2 aromatic heterocycles. The van der Waals surface area contributed by atoms with Gasteiger partial charge in [-0.15, -0.1) is 5.10 Å². The van der Waals surface area contributed by atoms with Gasteiger partial charge in [0, 0.05) is 22.4 Å². The predicted octanol–water partition coefficient (Wildman–Crippen LogP) is 6.56. The summed E-state index contributed by atoms with van der Waals surface area (Å²) in [5.41, 5.74) is 5.69. The van der Waals surface area contributed by atoms with Gasteiger partial charge in [-0.25, -0.2) is 14.5 Å². The van der Waals surface area contributed by atoms with Crippen LogP contribution in [0.5, 0.6) is 23.1 Å². The molecule has 0 aliphatic carbocycles. The molecule has 1 aliphatic heterocycles. The summed E-state index contributed by atoms with van der Waals surface area (Å²) >= 11 is 0. The molecule has 186 valence electrons. The third kappa shape index (κ3) is 3.39. The van der Waals surface area contributed by atoms with Gasteiger partial charge in [-0.05, 0) is 36.1 Å². The molecule has 4 aromatic carbocycles. The fourth-order valence-corrected chi connectivity index (χ4v) is 5.33. The van der Waals surface area contributed by atoms with E-state index in [0.29, 0.717) is 28.9 Å². The maximum absolute atomic E-state index is 6.54. The van der Waals surface area contributed by atoms with E-state index in [0.717, 1.165) is 44.3 Å². The van der Waals surface area contributed by atoms with Gasteiger partial charge < -0.3 is 14.2 Å². The molecule has 1 atom stereocenters. The van der Waals surface area contributed by atoms with Crippen LogP contribution in [0.1, 0.15) is 28.2 Å². The molecule has 7 heteroatoms. The number of methoxy groups -OCH3 is 2. The molecule has 6 aromatic rings. The molecule has 3 heterocycles. The minimum absolute atomic E-state index is 0.219. The number of fused-ring (bicyclic) bond motifs is 6. The Balaban J connectivity index is 1.51. The molecule has 0 spiro atoms. The molecule has 7 rings (SSSR count). The standard InChI is InChI=1S/C31H24N4O3/c1-18-7-6-9-21(15-18)29-33-30-27-26(20-12-14-24(36-2)25(16-20)37-3)23-13-11-19-8-4-5-10-22(19)28(23)38-31(27)32-17-35(30)34-29/h4-17,26H,1-3H3/t26-/m1/s1. The Labute approximate surface area is 219 Å². The average molecular weight is 501 g/mol. The number of rotatable bonds is 4. The van der Waals surface area contributed by atoms with E-state index in [1.54, 1.807) is 25.1 Å². The Bertz CT molecular complexity index is 1860. The normalized spacial score (nSPS) is 14.1. The molecule has 1 aliphatic rings. The van der Waals surface area contributed by atoms with Crippen molar-refractivity contribution in [3.63, 3.8) is 0 Å². The first-order valence-electron chi connectivity index (χ1n) is 12.4. The van der Waals surface area contributed by atoms with E-state index in [2.05, 4.69) is 49.4 Å². The largest absolute Gasteiger partial charge is 0.493 e. The zero-order valence-corrected chi connectivity index (χ0v) is 21.2. The summed E-state index contributed by atoms with van der Waals surface area (Å²) in [5, 5.41) is 6.91. The highest BCUT2D eigenvalue weighted by Gasteiger charge is 2.35. The Kier molecular flexibility index (Phi) is 5.04. The molecule has 38 heavy (non-hydrogen) atoms. The molecule has 0 saturated carbocycles. The monoisotopic (exact) mass is 500 g/mol. The molecule has 0 bridgehead atoms. The number of benzene rings is 4. The van der Waals surface area contributed by atoms with Gasteiger partial charge in [0.05, 0.1) is 19.8 Å². The molecule has 0 fully saturated rings. The predicted molar refractivity (Wildman–Crippen MR) is 145 cm³/mol. The summed E-state index contributed by atoms with van der Waals surface area (Å²) in [5.74, 6) is 3.06. The highest BCUT2D eigenvalue weighted by atomic mass is 16.5.